The Bertz CT molecular complexity index is 937. The number of hydrogen-bond acceptors (Lipinski definition) is 3. The average molecular weight is 392 g/mol. The molecule has 0 saturated carbocycles. The van der Waals surface area contributed by atoms with Crippen LogP contribution in [0.2, 0.25) is 0 Å². The van der Waals surface area contributed by atoms with Gasteiger partial charge in [0.05, 0.1) is 5.69 Å². The van der Waals surface area contributed by atoms with Crippen molar-refractivity contribution in [3.8, 4) is 28.5 Å². The van der Waals surface area contributed by atoms with E-state index in [9.17, 15) is 5.26 Å². The minimum absolute atomic E-state index is 0.255. The highest BCUT2D eigenvalue weighted by molar-refractivity contribution is 9.10. The number of halogens is 1. The number of anilines is 1. The summed E-state index contributed by atoms with van der Waals surface area (Å²) in [4.78, 5) is 4.42. The van der Waals surface area contributed by atoms with Gasteiger partial charge in [0, 0.05) is 15.6 Å². The molecule has 124 valence electrons. The van der Waals surface area contributed by atoms with E-state index in [1.165, 1.54) is 5.56 Å². The highest BCUT2D eigenvalue weighted by Crippen LogP contribution is 2.32. The van der Waals surface area contributed by atoms with Crippen LogP contribution in [0.25, 0.3) is 22.4 Å². The first-order chi connectivity index (χ1) is 12.0. The molecule has 1 aromatic heterocycles. The van der Waals surface area contributed by atoms with Gasteiger partial charge in [0.2, 0.25) is 0 Å². The Hall–Kier alpha value is -2.64. The van der Waals surface area contributed by atoms with Crippen LogP contribution < -0.4 is 5.73 Å². The van der Waals surface area contributed by atoms with Gasteiger partial charge in [-0.15, -0.1) is 0 Å². The summed E-state index contributed by atoms with van der Waals surface area (Å²) >= 11 is 3.44. The van der Waals surface area contributed by atoms with Crippen LogP contribution >= 0.6 is 15.9 Å². The van der Waals surface area contributed by atoms with Crippen molar-refractivity contribution in [2.45, 2.75) is 19.8 Å². The first-order valence-corrected chi connectivity index (χ1v) is 8.85. The van der Waals surface area contributed by atoms with Crippen LogP contribution in [-0.4, -0.2) is 4.98 Å². The standard InChI is InChI=1S/C21H18BrN3/c1-13(2)14-3-5-15(6-4-14)18-11-20(25-21(24)19(18)12-23)16-7-9-17(22)10-8-16/h3-11,13H,1-2H3,(H2,24,25). The second-order valence-corrected chi connectivity index (χ2v) is 7.13. The molecular formula is C21H18BrN3. The Morgan fingerprint density at radius 1 is 1.00 bits per heavy atom. The lowest BCUT2D eigenvalue weighted by atomic mass is 9.95. The van der Waals surface area contributed by atoms with Crippen molar-refractivity contribution in [2.75, 3.05) is 5.73 Å². The van der Waals surface area contributed by atoms with E-state index >= 15 is 0 Å². The fourth-order valence-electron chi connectivity index (χ4n) is 2.73. The van der Waals surface area contributed by atoms with Gasteiger partial charge >= 0.3 is 0 Å². The van der Waals surface area contributed by atoms with Gasteiger partial charge in [-0.05, 0) is 35.2 Å². The van der Waals surface area contributed by atoms with Crippen molar-refractivity contribution < 1.29 is 0 Å². The number of hydrogen-bond donors (Lipinski definition) is 1. The molecule has 0 saturated heterocycles. The number of nitrogens with two attached hydrogens (primary N) is 1. The van der Waals surface area contributed by atoms with Crippen LogP contribution in [0.1, 0.15) is 30.9 Å². The molecular weight excluding hydrogens is 374 g/mol. The first kappa shape index (κ1) is 17.2. The summed E-state index contributed by atoms with van der Waals surface area (Å²) in [5.74, 6) is 0.719. The van der Waals surface area contributed by atoms with Gasteiger partial charge in [-0.3, -0.25) is 0 Å². The molecule has 25 heavy (non-hydrogen) atoms. The summed E-state index contributed by atoms with van der Waals surface area (Å²) in [5, 5.41) is 9.53. The maximum atomic E-state index is 9.53. The SMILES string of the molecule is CC(C)c1ccc(-c2cc(-c3ccc(Br)cc3)nc(N)c2C#N)cc1. The topological polar surface area (TPSA) is 62.7 Å². The van der Waals surface area contributed by atoms with Crippen LogP contribution in [0.5, 0.6) is 0 Å². The maximum Gasteiger partial charge on any atom is 0.142 e. The van der Waals surface area contributed by atoms with Crippen molar-refractivity contribution in [3.63, 3.8) is 0 Å². The molecule has 0 aliphatic heterocycles. The Balaban J connectivity index is 2.14. The van der Waals surface area contributed by atoms with Crippen LogP contribution in [0.4, 0.5) is 5.82 Å². The summed E-state index contributed by atoms with van der Waals surface area (Å²) < 4.78 is 1.00. The van der Waals surface area contributed by atoms with Gasteiger partial charge in [-0.25, -0.2) is 4.98 Å². The number of rotatable bonds is 3. The minimum atomic E-state index is 0.255. The van der Waals surface area contributed by atoms with Gasteiger partial charge in [0.15, 0.2) is 0 Å². The molecule has 3 nitrogen and oxygen atoms in total. The van der Waals surface area contributed by atoms with Crippen LogP contribution in [-0.2, 0) is 0 Å². The Labute approximate surface area is 156 Å². The predicted molar refractivity (Wildman–Crippen MR) is 106 cm³/mol. The maximum absolute atomic E-state index is 9.53. The van der Waals surface area contributed by atoms with Crippen molar-refractivity contribution >= 4 is 21.7 Å². The zero-order valence-electron chi connectivity index (χ0n) is 14.1. The Morgan fingerprint density at radius 2 is 1.60 bits per heavy atom. The fraction of sp³-hybridized carbons (Fsp3) is 0.143. The highest BCUT2D eigenvalue weighted by atomic mass is 79.9. The van der Waals surface area contributed by atoms with Crippen LogP contribution in [0, 0.1) is 11.3 Å². The summed E-state index contributed by atoms with van der Waals surface area (Å²) in [5.41, 5.74) is 11.2. The van der Waals surface area contributed by atoms with Gasteiger partial charge in [0.25, 0.3) is 0 Å². The average Bonchev–Trinajstić information content (AvgIpc) is 2.61. The molecule has 2 N–H and O–H groups in total. The lowest BCUT2D eigenvalue weighted by Crippen LogP contribution is -2.00. The fourth-order valence-corrected chi connectivity index (χ4v) is 2.99. The van der Waals surface area contributed by atoms with Crippen molar-refractivity contribution in [3.05, 3.63) is 70.2 Å². The number of pyridine rings is 1. The molecule has 0 fully saturated rings. The third kappa shape index (κ3) is 3.57. The molecule has 0 spiro atoms. The Kier molecular flexibility index (Phi) is 4.87. The van der Waals surface area contributed by atoms with Gasteiger partial charge < -0.3 is 5.73 Å². The normalized spacial score (nSPS) is 10.7. The minimum Gasteiger partial charge on any atom is -0.383 e. The Morgan fingerprint density at radius 3 is 2.16 bits per heavy atom. The monoisotopic (exact) mass is 391 g/mol. The third-order valence-corrected chi connectivity index (χ3v) is 4.72. The molecule has 0 amide bonds. The summed E-state index contributed by atoms with van der Waals surface area (Å²) in [6, 6.07) is 20.3. The zero-order chi connectivity index (χ0) is 18.0. The molecule has 1 heterocycles. The molecule has 4 heteroatoms. The first-order valence-electron chi connectivity index (χ1n) is 8.06. The van der Waals surface area contributed by atoms with Gasteiger partial charge in [0.1, 0.15) is 17.5 Å². The number of nitrogen functional groups attached to an aromatic ring is 1. The predicted octanol–water partition coefficient (Wildman–Crippen LogP) is 5.76. The quantitative estimate of drug-likeness (QED) is 0.617. The number of aromatic nitrogens is 1. The second-order valence-electron chi connectivity index (χ2n) is 6.21. The van der Waals surface area contributed by atoms with Crippen LogP contribution in [0.3, 0.4) is 0 Å². The summed E-state index contributed by atoms with van der Waals surface area (Å²) in [6.45, 7) is 4.32. The smallest absolute Gasteiger partial charge is 0.142 e. The second kappa shape index (κ2) is 7.08. The van der Waals surface area contributed by atoms with E-state index in [-0.39, 0.29) is 5.82 Å². The summed E-state index contributed by atoms with van der Waals surface area (Å²) in [7, 11) is 0. The third-order valence-electron chi connectivity index (χ3n) is 4.19. The zero-order valence-corrected chi connectivity index (χ0v) is 15.7. The highest BCUT2D eigenvalue weighted by Gasteiger charge is 2.13. The van der Waals surface area contributed by atoms with Crippen LogP contribution in [0.15, 0.2) is 59.1 Å². The molecule has 0 unspecified atom stereocenters. The van der Waals surface area contributed by atoms with Gasteiger partial charge in [-0.2, -0.15) is 5.26 Å². The molecule has 0 atom stereocenters. The van der Waals surface area contributed by atoms with E-state index in [1.54, 1.807) is 0 Å². The molecule has 0 bridgehead atoms. The van der Waals surface area contributed by atoms with E-state index < -0.39 is 0 Å². The number of nitrogens with zero attached hydrogens (tertiary/aromatic N) is 2. The molecule has 3 aromatic rings. The number of nitriles is 1. The molecule has 0 radical (unpaired) electrons. The van der Waals surface area contributed by atoms with E-state index in [1.807, 2.05) is 42.5 Å². The molecule has 0 aliphatic rings. The van der Waals surface area contributed by atoms with E-state index in [0.717, 1.165) is 26.9 Å². The van der Waals surface area contributed by atoms with E-state index in [2.05, 4.69) is 53.0 Å². The van der Waals surface area contributed by atoms with E-state index in [0.29, 0.717) is 11.5 Å². The summed E-state index contributed by atoms with van der Waals surface area (Å²) in [6.07, 6.45) is 0. The molecule has 3 rings (SSSR count). The lowest BCUT2D eigenvalue weighted by Gasteiger charge is -2.12. The molecule has 2 aromatic carbocycles. The van der Waals surface area contributed by atoms with Crippen molar-refractivity contribution in [1.29, 1.82) is 5.26 Å². The van der Waals surface area contributed by atoms with Gasteiger partial charge in [-0.1, -0.05) is 66.2 Å². The van der Waals surface area contributed by atoms with E-state index in [4.69, 9.17) is 5.73 Å². The number of benzene rings is 2. The van der Waals surface area contributed by atoms with Crippen molar-refractivity contribution in [1.82, 2.24) is 4.98 Å². The molecule has 0 aliphatic carbocycles. The van der Waals surface area contributed by atoms with Crippen molar-refractivity contribution in [2.24, 2.45) is 0 Å². The largest absolute Gasteiger partial charge is 0.383 e. The lowest BCUT2D eigenvalue weighted by molar-refractivity contribution is 0.867.